The smallest absolute Gasteiger partial charge is 0.271 e. The topological polar surface area (TPSA) is 85.1 Å². The van der Waals surface area contributed by atoms with Crippen molar-refractivity contribution in [2.24, 2.45) is 0 Å². The fraction of sp³-hybridized carbons (Fsp3) is 0. The molecule has 0 atom stereocenters. The third-order valence-electron chi connectivity index (χ3n) is 2.86. The molecule has 0 bridgehead atoms. The van der Waals surface area contributed by atoms with Crippen LogP contribution < -0.4 is 10.5 Å². The number of fused-ring (bicyclic) bond motifs is 1. The number of hydrogen-bond donors (Lipinski definition) is 2. The Hall–Kier alpha value is -1.64. The summed E-state index contributed by atoms with van der Waals surface area (Å²) in [6.45, 7) is 0. The number of anilines is 2. The molecule has 0 unspecified atom stereocenters. The molecule has 3 rings (SSSR count). The third kappa shape index (κ3) is 2.74. The van der Waals surface area contributed by atoms with E-state index >= 15 is 0 Å². The van der Waals surface area contributed by atoms with E-state index in [1.54, 1.807) is 42.6 Å². The van der Waals surface area contributed by atoms with Gasteiger partial charge in [0, 0.05) is 11.6 Å². The van der Waals surface area contributed by atoms with Gasteiger partial charge in [-0.3, -0.25) is 9.71 Å². The van der Waals surface area contributed by atoms with Gasteiger partial charge in [0.1, 0.15) is 4.21 Å². The summed E-state index contributed by atoms with van der Waals surface area (Å²) in [6, 6.07) is 10.0. The first kappa shape index (κ1) is 14.3. The molecule has 3 aromatic rings. The molecule has 0 radical (unpaired) electrons. The van der Waals surface area contributed by atoms with Crippen molar-refractivity contribution in [3.8, 4) is 0 Å². The van der Waals surface area contributed by atoms with E-state index in [0.717, 1.165) is 15.1 Å². The summed E-state index contributed by atoms with van der Waals surface area (Å²) in [5, 5.41) is 0.664. The minimum Gasteiger partial charge on any atom is -0.397 e. The fourth-order valence-electron chi connectivity index (χ4n) is 1.92. The second-order valence-corrected chi connectivity index (χ2v) is 8.64. The number of nitrogens with zero attached hydrogens (tertiary/aromatic N) is 1. The Morgan fingerprint density at radius 3 is 2.71 bits per heavy atom. The van der Waals surface area contributed by atoms with E-state index in [4.69, 9.17) is 5.73 Å². The first-order chi connectivity index (χ1) is 9.97. The molecule has 2 heterocycles. The number of rotatable bonds is 3. The molecule has 0 spiro atoms. The maximum absolute atomic E-state index is 12.4. The highest BCUT2D eigenvalue weighted by Gasteiger charge is 2.18. The Morgan fingerprint density at radius 1 is 1.19 bits per heavy atom. The molecule has 5 nitrogen and oxygen atoms in total. The molecular weight excluding hydrogens is 374 g/mol. The predicted octanol–water partition coefficient (Wildman–Crippen LogP) is 3.44. The molecule has 3 N–H and O–H groups in total. The lowest BCUT2D eigenvalue weighted by Gasteiger charge is -2.10. The monoisotopic (exact) mass is 383 g/mol. The van der Waals surface area contributed by atoms with Crippen molar-refractivity contribution in [2.45, 2.75) is 4.21 Å². The van der Waals surface area contributed by atoms with Gasteiger partial charge in [-0.2, -0.15) is 0 Å². The Balaban J connectivity index is 2.08. The molecule has 0 amide bonds. The number of nitrogen functional groups attached to an aromatic ring is 1. The highest BCUT2D eigenvalue weighted by atomic mass is 79.9. The predicted molar refractivity (Wildman–Crippen MR) is 89.0 cm³/mol. The minimum absolute atomic E-state index is 0.239. The SMILES string of the molecule is Nc1ccc(NS(=O)(=O)c2ccc(Br)s2)c2cccnc12. The fourth-order valence-corrected chi connectivity index (χ4v) is 5.01. The Bertz CT molecular complexity index is 922. The summed E-state index contributed by atoms with van der Waals surface area (Å²) in [6.07, 6.45) is 1.62. The minimum atomic E-state index is -3.63. The largest absolute Gasteiger partial charge is 0.397 e. The normalized spacial score (nSPS) is 11.7. The van der Waals surface area contributed by atoms with Crippen LogP contribution in [-0.2, 0) is 10.0 Å². The van der Waals surface area contributed by atoms with Gasteiger partial charge in [0.2, 0.25) is 0 Å². The molecule has 0 aliphatic carbocycles. The lowest BCUT2D eigenvalue weighted by atomic mass is 10.1. The summed E-state index contributed by atoms with van der Waals surface area (Å²) < 4.78 is 28.3. The molecule has 0 saturated heterocycles. The average molecular weight is 384 g/mol. The lowest BCUT2D eigenvalue weighted by Crippen LogP contribution is -2.12. The summed E-state index contributed by atoms with van der Waals surface area (Å²) in [5.74, 6) is 0. The van der Waals surface area contributed by atoms with Gasteiger partial charge in [0.25, 0.3) is 10.0 Å². The molecule has 0 fully saturated rings. The second kappa shape index (κ2) is 5.28. The van der Waals surface area contributed by atoms with Crippen LogP contribution in [0.15, 0.2) is 50.6 Å². The van der Waals surface area contributed by atoms with Crippen LogP contribution in [0, 0.1) is 0 Å². The number of sulfonamides is 1. The van der Waals surface area contributed by atoms with Gasteiger partial charge in [-0.1, -0.05) is 0 Å². The van der Waals surface area contributed by atoms with Crippen molar-refractivity contribution in [2.75, 3.05) is 10.5 Å². The van der Waals surface area contributed by atoms with Gasteiger partial charge in [0.15, 0.2) is 0 Å². The maximum atomic E-state index is 12.4. The van der Waals surface area contributed by atoms with E-state index in [-0.39, 0.29) is 4.21 Å². The standard InChI is InChI=1S/C13H10BrN3O2S2/c14-11-5-6-12(20-11)21(18,19)17-10-4-3-9(15)13-8(10)2-1-7-16-13/h1-7,17H,15H2. The third-order valence-corrected chi connectivity index (χ3v) is 6.34. The zero-order chi connectivity index (χ0) is 15.0. The zero-order valence-electron chi connectivity index (χ0n) is 10.6. The van der Waals surface area contributed by atoms with Crippen molar-refractivity contribution in [1.82, 2.24) is 4.98 Å². The van der Waals surface area contributed by atoms with Crippen LogP contribution in [0.4, 0.5) is 11.4 Å². The van der Waals surface area contributed by atoms with Crippen LogP contribution in [0.3, 0.4) is 0 Å². The molecule has 1 aromatic carbocycles. The number of halogens is 1. The van der Waals surface area contributed by atoms with Gasteiger partial charge in [0.05, 0.1) is 20.7 Å². The molecule has 21 heavy (non-hydrogen) atoms. The van der Waals surface area contributed by atoms with Gasteiger partial charge >= 0.3 is 0 Å². The number of aromatic nitrogens is 1. The second-order valence-electron chi connectivity index (χ2n) is 4.27. The first-order valence-electron chi connectivity index (χ1n) is 5.89. The van der Waals surface area contributed by atoms with Crippen LogP contribution in [0.1, 0.15) is 0 Å². The average Bonchev–Trinajstić information content (AvgIpc) is 2.90. The number of pyridine rings is 1. The van der Waals surface area contributed by atoms with Crippen LogP contribution in [-0.4, -0.2) is 13.4 Å². The number of hydrogen-bond acceptors (Lipinski definition) is 5. The molecule has 0 saturated carbocycles. The van der Waals surface area contributed by atoms with E-state index in [1.165, 1.54) is 0 Å². The van der Waals surface area contributed by atoms with E-state index in [2.05, 4.69) is 25.6 Å². The molecule has 0 aliphatic rings. The van der Waals surface area contributed by atoms with Gasteiger partial charge in [-0.05, 0) is 52.3 Å². The zero-order valence-corrected chi connectivity index (χ0v) is 13.8. The van der Waals surface area contributed by atoms with Crippen LogP contribution in [0.2, 0.25) is 0 Å². The summed E-state index contributed by atoms with van der Waals surface area (Å²) in [4.78, 5) is 4.18. The lowest BCUT2D eigenvalue weighted by molar-refractivity contribution is 0.603. The molecule has 108 valence electrons. The van der Waals surface area contributed by atoms with Gasteiger partial charge < -0.3 is 5.73 Å². The number of thiophene rings is 1. The molecule has 2 aromatic heterocycles. The highest BCUT2D eigenvalue weighted by molar-refractivity contribution is 9.11. The van der Waals surface area contributed by atoms with E-state index in [0.29, 0.717) is 22.3 Å². The Morgan fingerprint density at radius 2 is 2.00 bits per heavy atom. The highest BCUT2D eigenvalue weighted by Crippen LogP contribution is 2.31. The summed E-state index contributed by atoms with van der Waals surface area (Å²) in [5.41, 5.74) is 7.40. The molecule has 0 aliphatic heterocycles. The van der Waals surface area contributed by atoms with Crippen LogP contribution in [0.25, 0.3) is 10.9 Å². The summed E-state index contributed by atoms with van der Waals surface area (Å²) >= 11 is 4.41. The van der Waals surface area contributed by atoms with Crippen molar-refractivity contribution >= 4 is 59.6 Å². The Kier molecular flexibility index (Phi) is 3.60. The Labute approximate surface area is 134 Å². The molecular formula is C13H10BrN3O2S2. The quantitative estimate of drug-likeness (QED) is 0.678. The van der Waals surface area contributed by atoms with Gasteiger partial charge in [-0.15, -0.1) is 11.3 Å². The number of benzene rings is 1. The summed E-state index contributed by atoms with van der Waals surface area (Å²) in [7, 11) is -3.63. The van der Waals surface area contributed by atoms with Crippen LogP contribution in [0.5, 0.6) is 0 Å². The van der Waals surface area contributed by atoms with Crippen molar-refractivity contribution in [1.29, 1.82) is 0 Å². The van der Waals surface area contributed by atoms with Crippen molar-refractivity contribution in [3.05, 3.63) is 46.4 Å². The maximum Gasteiger partial charge on any atom is 0.271 e. The molecule has 8 heteroatoms. The van der Waals surface area contributed by atoms with E-state index < -0.39 is 10.0 Å². The van der Waals surface area contributed by atoms with E-state index in [9.17, 15) is 8.42 Å². The van der Waals surface area contributed by atoms with E-state index in [1.807, 2.05) is 0 Å². The first-order valence-corrected chi connectivity index (χ1v) is 8.98. The number of nitrogens with one attached hydrogen (secondary N) is 1. The van der Waals surface area contributed by atoms with Crippen LogP contribution >= 0.6 is 27.3 Å². The van der Waals surface area contributed by atoms with Crippen molar-refractivity contribution in [3.63, 3.8) is 0 Å². The van der Waals surface area contributed by atoms with Crippen molar-refractivity contribution < 1.29 is 8.42 Å². The number of nitrogens with two attached hydrogens (primary N) is 1. The van der Waals surface area contributed by atoms with Gasteiger partial charge in [-0.25, -0.2) is 8.42 Å².